The molecule has 1 fully saturated rings. The highest BCUT2D eigenvalue weighted by Crippen LogP contribution is 2.22. The molecular formula is C22H34N2O3. The van der Waals surface area contributed by atoms with E-state index in [9.17, 15) is 9.59 Å². The van der Waals surface area contributed by atoms with E-state index in [2.05, 4.69) is 38.1 Å². The van der Waals surface area contributed by atoms with Crippen LogP contribution in [0, 0.1) is 5.92 Å². The van der Waals surface area contributed by atoms with E-state index in [0.717, 1.165) is 18.4 Å². The van der Waals surface area contributed by atoms with Gasteiger partial charge in [0, 0.05) is 26.7 Å². The van der Waals surface area contributed by atoms with Gasteiger partial charge in [0.05, 0.1) is 5.92 Å². The third-order valence-corrected chi connectivity index (χ3v) is 4.86. The number of hydrogen-bond donors (Lipinski definition) is 0. The zero-order chi connectivity index (χ0) is 20.2. The van der Waals surface area contributed by atoms with Crippen molar-refractivity contribution in [1.82, 2.24) is 9.80 Å². The number of rotatable bonds is 4. The van der Waals surface area contributed by atoms with Crippen molar-refractivity contribution in [2.24, 2.45) is 5.92 Å². The summed E-state index contributed by atoms with van der Waals surface area (Å²) in [5, 5.41) is 0. The molecule has 1 aliphatic heterocycles. The summed E-state index contributed by atoms with van der Waals surface area (Å²) in [6, 6.07) is 8.44. The SMILES string of the molecule is CC(C)c1ccc(CN(C)C(=O)[C@@H]2CCCN(C(=O)OC(C)(C)C)C2)cc1. The van der Waals surface area contributed by atoms with Crippen LogP contribution in [0.15, 0.2) is 24.3 Å². The molecule has 5 nitrogen and oxygen atoms in total. The van der Waals surface area contributed by atoms with Gasteiger partial charge < -0.3 is 14.5 Å². The Morgan fingerprint density at radius 1 is 1.22 bits per heavy atom. The first-order chi connectivity index (χ1) is 12.6. The highest BCUT2D eigenvalue weighted by Gasteiger charge is 2.32. The Balaban J connectivity index is 1.94. The highest BCUT2D eigenvalue weighted by atomic mass is 16.6. The summed E-state index contributed by atoms with van der Waals surface area (Å²) < 4.78 is 5.45. The number of benzene rings is 1. The molecule has 0 spiro atoms. The summed E-state index contributed by atoms with van der Waals surface area (Å²) in [5.74, 6) is 0.432. The Morgan fingerprint density at radius 2 is 1.85 bits per heavy atom. The lowest BCUT2D eigenvalue weighted by Crippen LogP contribution is -2.47. The number of ether oxygens (including phenoxy) is 1. The van der Waals surface area contributed by atoms with E-state index in [1.54, 1.807) is 9.80 Å². The van der Waals surface area contributed by atoms with E-state index in [4.69, 9.17) is 4.74 Å². The molecule has 150 valence electrons. The molecule has 1 atom stereocenters. The molecule has 1 aromatic carbocycles. The molecule has 0 unspecified atom stereocenters. The van der Waals surface area contributed by atoms with E-state index in [0.29, 0.717) is 25.6 Å². The lowest BCUT2D eigenvalue weighted by atomic mass is 9.96. The van der Waals surface area contributed by atoms with Gasteiger partial charge in [0.1, 0.15) is 5.60 Å². The van der Waals surface area contributed by atoms with Crippen LogP contribution < -0.4 is 0 Å². The minimum atomic E-state index is -0.521. The third kappa shape index (κ3) is 6.26. The molecule has 0 radical (unpaired) electrons. The number of likely N-dealkylation sites (tertiary alicyclic amines) is 1. The van der Waals surface area contributed by atoms with Gasteiger partial charge in [0.25, 0.3) is 0 Å². The van der Waals surface area contributed by atoms with Crippen LogP contribution >= 0.6 is 0 Å². The van der Waals surface area contributed by atoms with E-state index in [1.807, 2.05) is 27.8 Å². The summed E-state index contributed by atoms with van der Waals surface area (Å²) in [7, 11) is 1.84. The summed E-state index contributed by atoms with van der Waals surface area (Å²) in [6.07, 6.45) is 1.31. The first-order valence-electron chi connectivity index (χ1n) is 9.88. The fraction of sp³-hybridized carbons (Fsp3) is 0.636. The van der Waals surface area contributed by atoms with Crippen LogP contribution in [0.4, 0.5) is 4.79 Å². The van der Waals surface area contributed by atoms with Crippen molar-refractivity contribution in [3.8, 4) is 0 Å². The molecule has 1 saturated heterocycles. The number of amides is 2. The summed E-state index contributed by atoms with van der Waals surface area (Å²) in [4.78, 5) is 28.6. The van der Waals surface area contributed by atoms with Gasteiger partial charge in [-0.05, 0) is 50.7 Å². The van der Waals surface area contributed by atoms with Gasteiger partial charge in [0.2, 0.25) is 5.91 Å². The maximum absolute atomic E-state index is 12.9. The van der Waals surface area contributed by atoms with E-state index in [1.165, 1.54) is 5.56 Å². The predicted molar refractivity (Wildman–Crippen MR) is 108 cm³/mol. The Bertz CT molecular complexity index is 647. The van der Waals surface area contributed by atoms with Crippen LogP contribution in [0.5, 0.6) is 0 Å². The number of hydrogen-bond acceptors (Lipinski definition) is 3. The zero-order valence-electron chi connectivity index (χ0n) is 17.6. The van der Waals surface area contributed by atoms with Crippen molar-refractivity contribution in [1.29, 1.82) is 0 Å². The fourth-order valence-electron chi connectivity index (χ4n) is 3.34. The molecule has 0 aromatic heterocycles. The molecule has 0 saturated carbocycles. The standard InChI is InChI=1S/C22H34N2O3/c1-16(2)18-11-9-17(10-12-18)14-23(6)20(25)19-8-7-13-24(15-19)21(26)27-22(3,4)5/h9-12,16,19H,7-8,13-15H2,1-6H3/t19-/m1/s1. The number of carbonyl (C=O) groups is 2. The van der Waals surface area contributed by atoms with Gasteiger partial charge in [-0.15, -0.1) is 0 Å². The molecule has 0 bridgehead atoms. The highest BCUT2D eigenvalue weighted by molar-refractivity contribution is 5.80. The van der Waals surface area contributed by atoms with Gasteiger partial charge in [0.15, 0.2) is 0 Å². The van der Waals surface area contributed by atoms with E-state index in [-0.39, 0.29) is 17.9 Å². The summed E-state index contributed by atoms with van der Waals surface area (Å²) in [6.45, 7) is 11.6. The number of carbonyl (C=O) groups excluding carboxylic acids is 2. The van der Waals surface area contributed by atoms with Gasteiger partial charge >= 0.3 is 6.09 Å². The average molecular weight is 375 g/mol. The maximum atomic E-state index is 12.9. The van der Waals surface area contributed by atoms with Gasteiger partial charge in [-0.25, -0.2) is 4.79 Å². The Morgan fingerprint density at radius 3 is 2.41 bits per heavy atom. The molecule has 2 amide bonds. The van der Waals surface area contributed by atoms with Crippen LogP contribution in [-0.4, -0.2) is 47.5 Å². The molecule has 27 heavy (non-hydrogen) atoms. The van der Waals surface area contributed by atoms with Crippen molar-refractivity contribution in [2.45, 2.75) is 65.5 Å². The predicted octanol–water partition coefficient (Wildman–Crippen LogP) is 4.42. The number of nitrogens with zero attached hydrogens (tertiary/aromatic N) is 2. The summed E-state index contributed by atoms with van der Waals surface area (Å²) >= 11 is 0. The number of piperidine rings is 1. The Kier molecular flexibility index (Phi) is 6.90. The largest absolute Gasteiger partial charge is 0.444 e. The van der Waals surface area contributed by atoms with Gasteiger partial charge in [-0.2, -0.15) is 0 Å². The normalized spacial score (nSPS) is 17.7. The molecule has 5 heteroatoms. The quantitative estimate of drug-likeness (QED) is 0.784. The molecule has 0 N–H and O–H groups in total. The second-order valence-corrected chi connectivity index (χ2v) is 8.86. The first-order valence-corrected chi connectivity index (χ1v) is 9.88. The van der Waals surface area contributed by atoms with Gasteiger partial charge in [-0.3, -0.25) is 4.79 Å². The molecule has 0 aliphatic carbocycles. The van der Waals surface area contributed by atoms with Crippen LogP contribution in [0.2, 0.25) is 0 Å². The average Bonchev–Trinajstić information content (AvgIpc) is 2.60. The maximum Gasteiger partial charge on any atom is 0.410 e. The van der Waals surface area contributed by atoms with Crippen LogP contribution in [0.1, 0.15) is 64.5 Å². The van der Waals surface area contributed by atoms with Crippen molar-refractivity contribution in [3.05, 3.63) is 35.4 Å². The topological polar surface area (TPSA) is 49.9 Å². The van der Waals surface area contributed by atoms with Crippen molar-refractivity contribution in [2.75, 3.05) is 20.1 Å². The minimum absolute atomic E-state index is 0.0937. The van der Waals surface area contributed by atoms with Gasteiger partial charge in [-0.1, -0.05) is 38.1 Å². The zero-order valence-corrected chi connectivity index (χ0v) is 17.6. The van der Waals surface area contributed by atoms with Crippen molar-refractivity contribution in [3.63, 3.8) is 0 Å². The van der Waals surface area contributed by atoms with Crippen molar-refractivity contribution >= 4 is 12.0 Å². The molecule has 1 aromatic rings. The third-order valence-electron chi connectivity index (χ3n) is 4.86. The lowest BCUT2D eigenvalue weighted by Gasteiger charge is -2.35. The Labute approximate surface area is 163 Å². The molecule has 1 heterocycles. The second kappa shape index (κ2) is 8.77. The summed E-state index contributed by atoms with van der Waals surface area (Å²) in [5.41, 5.74) is 1.90. The molecule has 2 rings (SSSR count). The van der Waals surface area contributed by atoms with Crippen LogP contribution in [-0.2, 0) is 16.1 Å². The first kappa shape index (κ1) is 21.3. The second-order valence-electron chi connectivity index (χ2n) is 8.86. The minimum Gasteiger partial charge on any atom is -0.444 e. The van der Waals surface area contributed by atoms with Crippen LogP contribution in [0.25, 0.3) is 0 Å². The smallest absolute Gasteiger partial charge is 0.410 e. The lowest BCUT2D eigenvalue weighted by molar-refractivity contribution is -0.136. The fourth-order valence-corrected chi connectivity index (χ4v) is 3.34. The Hall–Kier alpha value is -2.04. The van der Waals surface area contributed by atoms with E-state index >= 15 is 0 Å². The van der Waals surface area contributed by atoms with Crippen molar-refractivity contribution < 1.29 is 14.3 Å². The monoisotopic (exact) mass is 374 g/mol. The molecular weight excluding hydrogens is 340 g/mol. The molecule has 1 aliphatic rings. The van der Waals surface area contributed by atoms with Crippen LogP contribution in [0.3, 0.4) is 0 Å². The van der Waals surface area contributed by atoms with E-state index < -0.39 is 5.60 Å².